The van der Waals surface area contributed by atoms with Crippen LogP contribution in [0.25, 0.3) is 0 Å². The normalized spacial score (nSPS) is 23.1. The quantitative estimate of drug-likeness (QED) is 0.804. The van der Waals surface area contributed by atoms with Crippen molar-refractivity contribution in [2.24, 2.45) is 5.92 Å². The van der Waals surface area contributed by atoms with Gasteiger partial charge in [-0.25, -0.2) is 0 Å². The second kappa shape index (κ2) is 10.0. The monoisotopic (exact) mass is 317 g/mol. The van der Waals surface area contributed by atoms with Gasteiger partial charge in [0.1, 0.15) is 0 Å². The number of carbonyl (C=O) groups excluding carboxylic acids is 2. The summed E-state index contributed by atoms with van der Waals surface area (Å²) in [7, 11) is 0. The minimum atomic E-state index is -0.00937. The summed E-state index contributed by atoms with van der Waals surface area (Å²) in [5.41, 5.74) is 0. The Kier molecular flexibility index (Phi) is 8.69. The zero-order valence-corrected chi connectivity index (χ0v) is 13.6. The zero-order valence-electron chi connectivity index (χ0n) is 12.7. The maximum Gasteiger partial charge on any atom is 0.239 e. The van der Waals surface area contributed by atoms with Gasteiger partial charge in [0.25, 0.3) is 0 Å². The molecule has 6 heteroatoms. The van der Waals surface area contributed by atoms with E-state index < -0.39 is 0 Å². The minimum absolute atomic E-state index is 0. The number of carbonyl (C=O) groups is 2. The number of rotatable bonds is 5. The molecule has 1 atom stereocenters. The van der Waals surface area contributed by atoms with Crippen molar-refractivity contribution in [3.63, 3.8) is 0 Å². The van der Waals surface area contributed by atoms with Crippen LogP contribution in [-0.2, 0) is 9.59 Å². The van der Waals surface area contributed by atoms with Gasteiger partial charge in [0.15, 0.2) is 0 Å². The summed E-state index contributed by atoms with van der Waals surface area (Å²) in [5.74, 6) is 0.823. The third kappa shape index (κ3) is 6.66. The Morgan fingerprint density at radius 1 is 1.29 bits per heavy atom. The molecule has 0 aromatic heterocycles. The molecule has 1 unspecified atom stereocenters. The van der Waals surface area contributed by atoms with Gasteiger partial charge in [-0.3, -0.25) is 9.59 Å². The van der Waals surface area contributed by atoms with E-state index in [1.54, 1.807) is 4.90 Å². The maximum absolute atomic E-state index is 11.9. The molecule has 2 aliphatic heterocycles. The molecule has 2 heterocycles. The summed E-state index contributed by atoms with van der Waals surface area (Å²) in [5, 5.41) is 6.28. The molecule has 0 radical (unpaired) electrons. The second-order valence-electron chi connectivity index (χ2n) is 5.98. The van der Waals surface area contributed by atoms with Gasteiger partial charge in [-0.2, -0.15) is 0 Å². The van der Waals surface area contributed by atoms with Crippen LogP contribution in [0, 0.1) is 5.92 Å². The van der Waals surface area contributed by atoms with Gasteiger partial charge in [0.2, 0.25) is 11.8 Å². The first-order valence-electron chi connectivity index (χ1n) is 8.01. The smallest absolute Gasteiger partial charge is 0.239 e. The van der Waals surface area contributed by atoms with E-state index in [2.05, 4.69) is 10.6 Å². The molecule has 0 aliphatic carbocycles. The van der Waals surface area contributed by atoms with E-state index in [-0.39, 0.29) is 30.8 Å². The zero-order chi connectivity index (χ0) is 14.2. The molecule has 2 N–H and O–H groups in total. The van der Waals surface area contributed by atoms with Crippen molar-refractivity contribution in [1.82, 2.24) is 15.5 Å². The molecule has 21 heavy (non-hydrogen) atoms. The number of amides is 2. The van der Waals surface area contributed by atoms with Crippen molar-refractivity contribution in [3.8, 4) is 0 Å². The molecule has 2 amide bonds. The van der Waals surface area contributed by atoms with Crippen LogP contribution >= 0.6 is 12.4 Å². The van der Waals surface area contributed by atoms with Gasteiger partial charge in [-0.1, -0.05) is 12.8 Å². The molecule has 0 spiro atoms. The van der Waals surface area contributed by atoms with Crippen LogP contribution in [0.15, 0.2) is 0 Å². The first-order chi connectivity index (χ1) is 9.75. The highest BCUT2D eigenvalue weighted by atomic mass is 35.5. The van der Waals surface area contributed by atoms with Crippen molar-refractivity contribution in [1.29, 1.82) is 0 Å². The average Bonchev–Trinajstić information content (AvgIpc) is 2.92. The van der Waals surface area contributed by atoms with E-state index in [0.717, 1.165) is 51.9 Å². The van der Waals surface area contributed by atoms with Gasteiger partial charge in [-0.05, 0) is 44.7 Å². The predicted molar refractivity (Wildman–Crippen MR) is 85.5 cm³/mol. The average molecular weight is 318 g/mol. The molecular formula is C15H28ClN3O2. The highest BCUT2D eigenvalue weighted by Crippen LogP contribution is 2.12. The van der Waals surface area contributed by atoms with Crippen molar-refractivity contribution < 1.29 is 9.59 Å². The third-order valence-corrected chi connectivity index (χ3v) is 4.29. The lowest BCUT2D eigenvalue weighted by Crippen LogP contribution is -2.42. The standard InChI is InChI=1S/C15H27N3O2.ClH/c19-14(17-9-7-13-6-8-16-11-13)12-18-10-4-2-1-3-5-15(18)20;/h13,16H,1-12H2,(H,17,19);1H. The molecule has 5 nitrogen and oxygen atoms in total. The third-order valence-electron chi connectivity index (χ3n) is 4.29. The predicted octanol–water partition coefficient (Wildman–Crippen LogP) is 1.32. The van der Waals surface area contributed by atoms with Crippen molar-refractivity contribution in [2.75, 3.05) is 32.7 Å². The van der Waals surface area contributed by atoms with E-state index >= 15 is 0 Å². The van der Waals surface area contributed by atoms with E-state index in [9.17, 15) is 9.59 Å². The summed E-state index contributed by atoms with van der Waals surface area (Å²) >= 11 is 0. The van der Waals surface area contributed by atoms with Gasteiger partial charge in [0, 0.05) is 19.5 Å². The molecular weight excluding hydrogens is 290 g/mol. The van der Waals surface area contributed by atoms with Crippen LogP contribution in [0.3, 0.4) is 0 Å². The maximum atomic E-state index is 11.9. The van der Waals surface area contributed by atoms with Gasteiger partial charge in [0.05, 0.1) is 6.54 Å². The fraction of sp³-hybridized carbons (Fsp3) is 0.867. The Morgan fingerprint density at radius 3 is 2.86 bits per heavy atom. The van der Waals surface area contributed by atoms with Gasteiger partial charge < -0.3 is 15.5 Å². The summed E-state index contributed by atoms with van der Waals surface area (Å²) in [6.45, 7) is 3.87. The minimum Gasteiger partial charge on any atom is -0.355 e. The number of nitrogens with one attached hydrogen (secondary N) is 2. The number of likely N-dealkylation sites (tertiary alicyclic amines) is 1. The molecule has 0 aromatic carbocycles. The SMILES string of the molecule is Cl.O=C(CN1CCCCCCC1=O)NCCC1CCNC1. The van der Waals surface area contributed by atoms with Crippen LogP contribution in [0.2, 0.25) is 0 Å². The summed E-state index contributed by atoms with van der Waals surface area (Å²) in [6, 6.07) is 0. The van der Waals surface area contributed by atoms with Gasteiger partial charge >= 0.3 is 0 Å². The van der Waals surface area contributed by atoms with E-state index in [1.807, 2.05) is 0 Å². The molecule has 122 valence electrons. The van der Waals surface area contributed by atoms with Crippen molar-refractivity contribution >= 4 is 24.2 Å². The Bertz CT molecular complexity index is 333. The number of nitrogens with zero attached hydrogens (tertiary/aromatic N) is 1. The lowest BCUT2D eigenvalue weighted by atomic mass is 10.1. The van der Waals surface area contributed by atoms with Crippen molar-refractivity contribution in [2.45, 2.75) is 44.9 Å². The second-order valence-corrected chi connectivity index (χ2v) is 5.98. The Balaban J connectivity index is 0.00000220. The lowest BCUT2D eigenvalue weighted by molar-refractivity contribution is -0.136. The van der Waals surface area contributed by atoms with E-state index in [0.29, 0.717) is 12.3 Å². The molecule has 0 aromatic rings. The summed E-state index contributed by atoms with van der Waals surface area (Å²) < 4.78 is 0. The first kappa shape index (κ1) is 18.2. The largest absolute Gasteiger partial charge is 0.355 e. The lowest BCUT2D eigenvalue weighted by Gasteiger charge is -2.24. The molecule has 2 saturated heterocycles. The fourth-order valence-corrected chi connectivity index (χ4v) is 2.99. The molecule has 0 saturated carbocycles. The van der Waals surface area contributed by atoms with Crippen LogP contribution in [-0.4, -0.2) is 49.4 Å². The number of hydrogen-bond acceptors (Lipinski definition) is 3. The van der Waals surface area contributed by atoms with E-state index in [4.69, 9.17) is 0 Å². The highest BCUT2D eigenvalue weighted by molar-refractivity contribution is 5.85. The topological polar surface area (TPSA) is 61.4 Å². The summed E-state index contributed by atoms with van der Waals surface area (Å²) in [6.07, 6.45) is 7.13. The van der Waals surface area contributed by atoms with Crippen molar-refractivity contribution in [3.05, 3.63) is 0 Å². The molecule has 2 fully saturated rings. The van der Waals surface area contributed by atoms with E-state index in [1.165, 1.54) is 12.8 Å². The first-order valence-corrected chi connectivity index (χ1v) is 8.01. The Hall–Kier alpha value is -0.810. The van der Waals surface area contributed by atoms with Crippen LogP contribution in [0.4, 0.5) is 0 Å². The van der Waals surface area contributed by atoms with Gasteiger partial charge in [-0.15, -0.1) is 12.4 Å². The van der Waals surface area contributed by atoms with Crippen LogP contribution in [0.1, 0.15) is 44.9 Å². The van der Waals surface area contributed by atoms with Crippen LogP contribution < -0.4 is 10.6 Å². The highest BCUT2D eigenvalue weighted by Gasteiger charge is 2.19. The summed E-state index contributed by atoms with van der Waals surface area (Å²) in [4.78, 5) is 25.6. The number of halogens is 1. The molecule has 2 rings (SSSR count). The molecule has 0 bridgehead atoms. The number of hydrogen-bond donors (Lipinski definition) is 2. The fourth-order valence-electron chi connectivity index (χ4n) is 2.99. The molecule has 2 aliphatic rings. The Labute approximate surface area is 133 Å². The van der Waals surface area contributed by atoms with Crippen LogP contribution in [0.5, 0.6) is 0 Å². The Morgan fingerprint density at radius 2 is 2.10 bits per heavy atom.